The van der Waals surface area contributed by atoms with Gasteiger partial charge in [0.2, 0.25) is 0 Å². The van der Waals surface area contributed by atoms with Crippen LogP contribution in [0.15, 0.2) is 18.2 Å². The topological polar surface area (TPSA) is 64.7 Å². The summed E-state index contributed by atoms with van der Waals surface area (Å²) in [6.07, 6.45) is 0.948. The molecular formula is C16H22N4O2. The molecule has 1 aromatic rings. The van der Waals surface area contributed by atoms with E-state index in [4.69, 9.17) is 0 Å². The molecule has 1 atom stereocenters. The minimum atomic E-state index is -0.0927. The Balaban J connectivity index is 1.64. The second-order valence-corrected chi connectivity index (χ2v) is 5.90. The number of nitrogens with one attached hydrogen (secondary N) is 2. The standard InChI is InChI=1S/C16H22N4O2/c1-3-12-8-13(5-4-11(12)2)18-16(22)19-6-7-20-14(10-19)9-17-15(20)21/h4-5,8,14H,3,6-7,9-10H2,1-2H3,(H,17,21)(H,18,22). The summed E-state index contributed by atoms with van der Waals surface area (Å²) in [4.78, 5) is 27.6. The molecular weight excluding hydrogens is 280 g/mol. The number of carbonyl (C=O) groups excluding carboxylic acids is 2. The molecule has 1 unspecified atom stereocenters. The number of aryl methyl sites for hydroxylation is 2. The van der Waals surface area contributed by atoms with Crippen LogP contribution in [0, 0.1) is 6.92 Å². The number of piperazine rings is 1. The van der Waals surface area contributed by atoms with E-state index in [2.05, 4.69) is 24.5 Å². The molecule has 6 nitrogen and oxygen atoms in total. The number of hydrogen-bond acceptors (Lipinski definition) is 2. The van der Waals surface area contributed by atoms with Crippen molar-refractivity contribution in [2.45, 2.75) is 26.3 Å². The first-order valence-corrected chi connectivity index (χ1v) is 7.78. The molecule has 2 aliphatic heterocycles. The molecule has 118 valence electrons. The highest BCUT2D eigenvalue weighted by atomic mass is 16.2. The molecule has 0 spiro atoms. The highest BCUT2D eigenvalue weighted by molar-refractivity contribution is 5.90. The van der Waals surface area contributed by atoms with Crippen molar-refractivity contribution in [1.82, 2.24) is 15.1 Å². The van der Waals surface area contributed by atoms with Crippen LogP contribution in [0.5, 0.6) is 0 Å². The van der Waals surface area contributed by atoms with Gasteiger partial charge in [-0.25, -0.2) is 9.59 Å². The third-order valence-corrected chi connectivity index (χ3v) is 4.50. The largest absolute Gasteiger partial charge is 0.336 e. The fraction of sp³-hybridized carbons (Fsp3) is 0.500. The van der Waals surface area contributed by atoms with Gasteiger partial charge in [0, 0.05) is 31.9 Å². The van der Waals surface area contributed by atoms with Gasteiger partial charge in [-0.05, 0) is 36.6 Å². The molecule has 2 N–H and O–H groups in total. The number of hydrogen-bond donors (Lipinski definition) is 2. The fourth-order valence-electron chi connectivity index (χ4n) is 3.12. The van der Waals surface area contributed by atoms with E-state index in [1.54, 1.807) is 4.90 Å². The molecule has 0 saturated carbocycles. The monoisotopic (exact) mass is 302 g/mol. The van der Waals surface area contributed by atoms with Crippen molar-refractivity contribution in [3.63, 3.8) is 0 Å². The molecule has 2 aliphatic rings. The van der Waals surface area contributed by atoms with Crippen molar-refractivity contribution in [1.29, 1.82) is 0 Å². The molecule has 22 heavy (non-hydrogen) atoms. The lowest BCUT2D eigenvalue weighted by Crippen LogP contribution is -2.54. The molecule has 1 aromatic carbocycles. The van der Waals surface area contributed by atoms with Crippen LogP contribution in [0.25, 0.3) is 0 Å². The molecule has 6 heteroatoms. The first-order chi connectivity index (χ1) is 10.6. The first-order valence-electron chi connectivity index (χ1n) is 7.78. The quantitative estimate of drug-likeness (QED) is 0.875. The van der Waals surface area contributed by atoms with Crippen molar-refractivity contribution in [2.75, 3.05) is 31.5 Å². The average molecular weight is 302 g/mol. The summed E-state index contributed by atoms with van der Waals surface area (Å²) < 4.78 is 0. The Kier molecular flexibility index (Phi) is 3.92. The minimum Gasteiger partial charge on any atom is -0.336 e. The number of amides is 4. The number of anilines is 1. The van der Waals surface area contributed by atoms with Crippen LogP contribution in [0.4, 0.5) is 15.3 Å². The SMILES string of the molecule is CCc1cc(NC(=O)N2CCN3C(=O)NCC3C2)ccc1C. The van der Waals surface area contributed by atoms with E-state index in [9.17, 15) is 9.59 Å². The van der Waals surface area contributed by atoms with E-state index in [0.717, 1.165) is 12.1 Å². The summed E-state index contributed by atoms with van der Waals surface area (Å²) in [5, 5.41) is 5.79. The van der Waals surface area contributed by atoms with Crippen LogP contribution in [0.3, 0.4) is 0 Å². The zero-order chi connectivity index (χ0) is 15.7. The van der Waals surface area contributed by atoms with Crippen LogP contribution in [-0.2, 0) is 6.42 Å². The highest BCUT2D eigenvalue weighted by Crippen LogP contribution is 2.18. The van der Waals surface area contributed by atoms with Crippen molar-refractivity contribution in [2.24, 2.45) is 0 Å². The van der Waals surface area contributed by atoms with Gasteiger partial charge in [-0.3, -0.25) is 0 Å². The Hall–Kier alpha value is -2.24. The Morgan fingerprint density at radius 1 is 1.41 bits per heavy atom. The van der Waals surface area contributed by atoms with Gasteiger partial charge in [-0.15, -0.1) is 0 Å². The number of urea groups is 2. The van der Waals surface area contributed by atoms with Crippen molar-refractivity contribution < 1.29 is 9.59 Å². The van der Waals surface area contributed by atoms with Crippen LogP contribution in [0.2, 0.25) is 0 Å². The molecule has 4 amide bonds. The summed E-state index contributed by atoms with van der Waals surface area (Å²) in [5.41, 5.74) is 3.31. The highest BCUT2D eigenvalue weighted by Gasteiger charge is 2.36. The Bertz CT molecular complexity index is 602. The van der Waals surface area contributed by atoms with Crippen LogP contribution in [-0.4, -0.2) is 54.1 Å². The number of rotatable bonds is 2. The van der Waals surface area contributed by atoms with Gasteiger partial charge < -0.3 is 20.4 Å². The van der Waals surface area contributed by atoms with Crippen LogP contribution >= 0.6 is 0 Å². The summed E-state index contributed by atoms with van der Waals surface area (Å²) in [7, 11) is 0. The van der Waals surface area contributed by atoms with Gasteiger partial charge in [0.05, 0.1) is 6.04 Å². The van der Waals surface area contributed by atoms with Gasteiger partial charge in [-0.2, -0.15) is 0 Å². The van der Waals surface area contributed by atoms with E-state index in [0.29, 0.717) is 26.2 Å². The van der Waals surface area contributed by atoms with Gasteiger partial charge in [0.1, 0.15) is 0 Å². The fourth-order valence-corrected chi connectivity index (χ4v) is 3.12. The minimum absolute atomic E-state index is 0.0174. The van der Waals surface area contributed by atoms with E-state index in [1.807, 2.05) is 23.1 Å². The summed E-state index contributed by atoms with van der Waals surface area (Å²) >= 11 is 0. The van der Waals surface area contributed by atoms with E-state index in [1.165, 1.54) is 11.1 Å². The van der Waals surface area contributed by atoms with Crippen LogP contribution in [0.1, 0.15) is 18.1 Å². The number of carbonyl (C=O) groups is 2. The molecule has 0 bridgehead atoms. The predicted molar refractivity (Wildman–Crippen MR) is 85.0 cm³/mol. The molecule has 0 radical (unpaired) electrons. The molecule has 2 heterocycles. The molecule has 3 rings (SSSR count). The second kappa shape index (κ2) is 5.87. The molecule has 2 fully saturated rings. The average Bonchev–Trinajstić information content (AvgIpc) is 2.90. The lowest BCUT2D eigenvalue weighted by atomic mass is 10.1. The lowest BCUT2D eigenvalue weighted by Gasteiger charge is -2.36. The van der Waals surface area contributed by atoms with Crippen molar-refractivity contribution in [3.05, 3.63) is 29.3 Å². The van der Waals surface area contributed by atoms with E-state index >= 15 is 0 Å². The van der Waals surface area contributed by atoms with Crippen molar-refractivity contribution >= 4 is 17.7 Å². The number of benzene rings is 1. The van der Waals surface area contributed by atoms with E-state index < -0.39 is 0 Å². The zero-order valence-corrected chi connectivity index (χ0v) is 13.1. The molecule has 2 saturated heterocycles. The third-order valence-electron chi connectivity index (χ3n) is 4.50. The summed E-state index contributed by atoms with van der Waals surface area (Å²) in [6, 6.07) is 5.98. The maximum atomic E-state index is 12.4. The Morgan fingerprint density at radius 3 is 3.00 bits per heavy atom. The Labute approximate surface area is 130 Å². The second-order valence-electron chi connectivity index (χ2n) is 5.90. The smallest absolute Gasteiger partial charge is 0.321 e. The van der Waals surface area contributed by atoms with Gasteiger partial charge in [0.15, 0.2) is 0 Å². The van der Waals surface area contributed by atoms with Gasteiger partial charge in [0.25, 0.3) is 0 Å². The van der Waals surface area contributed by atoms with Gasteiger partial charge >= 0.3 is 12.1 Å². The van der Waals surface area contributed by atoms with Crippen LogP contribution < -0.4 is 10.6 Å². The van der Waals surface area contributed by atoms with Gasteiger partial charge in [-0.1, -0.05) is 13.0 Å². The normalized spacial score (nSPS) is 20.6. The number of nitrogens with zero attached hydrogens (tertiary/aromatic N) is 2. The maximum absolute atomic E-state index is 12.4. The van der Waals surface area contributed by atoms with Crippen molar-refractivity contribution in [3.8, 4) is 0 Å². The molecule has 0 aliphatic carbocycles. The lowest BCUT2D eigenvalue weighted by molar-refractivity contribution is 0.136. The Morgan fingerprint density at radius 2 is 2.23 bits per heavy atom. The third kappa shape index (κ3) is 2.73. The number of fused-ring (bicyclic) bond motifs is 1. The summed E-state index contributed by atoms with van der Waals surface area (Å²) in [5.74, 6) is 0. The first kappa shape index (κ1) is 14.7. The zero-order valence-electron chi connectivity index (χ0n) is 13.1. The maximum Gasteiger partial charge on any atom is 0.321 e. The van der Waals surface area contributed by atoms with E-state index in [-0.39, 0.29) is 18.1 Å². The summed E-state index contributed by atoms with van der Waals surface area (Å²) in [6.45, 7) is 6.55. The predicted octanol–water partition coefficient (Wildman–Crippen LogP) is 1.80. The molecule has 0 aromatic heterocycles.